The molecule has 3 N–H and O–H groups in total. The molecular weight excluding hydrogens is 385 g/mol. The molecule has 0 aliphatic carbocycles. The van der Waals surface area contributed by atoms with Crippen molar-refractivity contribution in [3.8, 4) is 0 Å². The molecule has 2 unspecified atom stereocenters. The zero-order valence-corrected chi connectivity index (χ0v) is 16.4. The highest BCUT2D eigenvalue weighted by molar-refractivity contribution is 6.35. The molecule has 0 spiro atoms. The van der Waals surface area contributed by atoms with Crippen molar-refractivity contribution >= 4 is 53.1 Å². The maximum Gasteiger partial charge on any atom is 0.243 e. The summed E-state index contributed by atoms with van der Waals surface area (Å²) in [6.45, 7) is 4.02. The maximum absolute atomic E-state index is 12.0. The van der Waals surface area contributed by atoms with E-state index in [0.29, 0.717) is 34.0 Å². The van der Waals surface area contributed by atoms with Crippen LogP contribution in [0.15, 0.2) is 18.2 Å². The van der Waals surface area contributed by atoms with E-state index in [-0.39, 0.29) is 30.8 Å². The molecule has 1 aliphatic rings. The van der Waals surface area contributed by atoms with E-state index in [4.69, 9.17) is 23.2 Å². The largest absolute Gasteiger partial charge is 0.347 e. The van der Waals surface area contributed by atoms with Gasteiger partial charge in [-0.3, -0.25) is 9.59 Å². The smallest absolute Gasteiger partial charge is 0.243 e. The topological polar surface area (TPSA) is 70.2 Å². The zero-order chi connectivity index (χ0) is 17.5. The maximum atomic E-state index is 12.0. The van der Waals surface area contributed by atoms with E-state index in [2.05, 4.69) is 22.9 Å². The second-order valence-electron chi connectivity index (χ2n) is 6.24. The van der Waals surface area contributed by atoms with Gasteiger partial charge in [0.15, 0.2) is 0 Å². The van der Waals surface area contributed by atoms with Crippen LogP contribution in [-0.2, 0) is 9.59 Å². The fourth-order valence-electron chi connectivity index (χ4n) is 2.86. The quantitative estimate of drug-likeness (QED) is 0.675. The molecule has 1 aromatic rings. The predicted molar refractivity (Wildman–Crippen MR) is 105 cm³/mol. The van der Waals surface area contributed by atoms with Crippen molar-refractivity contribution < 1.29 is 9.59 Å². The van der Waals surface area contributed by atoms with Crippen molar-refractivity contribution in [3.63, 3.8) is 0 Å². The third kappa shape index (κ3) is 7.40. The number of hydrogen-bond donors (Lipinski definition) is 3. The summed E-state index contributed by atoms with van der Waals surface area (Å²) in [4.78, 5) is 23.9. The molecule has 1 aliphatic heterocycles. The molecule has 2 atom stereocenters. The standard InChI is InChI=1S/C17H23Cl2N3O2.ClH/c1-11(12-3-2-6-20-9-12)7-16(23)21-10-17(24)22-15-8-13(18)4-5-14(15)19;/h4-5,8,11-12,20H,2-3,6-7,9-10H2,1H3,(H,21,23)(H,22,24);1H. The molecule has 5 nitrogen and oxygen atoms in total. The van der Waals surface area contributed by atoms with Crippen LogP contribution in [0.5, 0.6) is 0 Å². The Hall–Kier alpha value is -1.01. The number of amides is 2. The average molecular weight is 409 g/mol. The molecule has 140 valence electrons. The molecule has 2 amide bonds. The van der Waals surface area contributed by atoms with Crippen molar-refractivity contribution in [2.75, 3.05) is 25.0 Å². The summed E-state index contributed by atoms with van der Waals surface area (Å²) in [5.74, 6) is 0.367. The fourth-order valence-corrected chi connectivity index (χ4v) is 3.20. The Balaban J connectivity index is 0.00000312. The van der Waals surface area contributed by atoms with Gasteiger partial charge in [0.25, 0.3) is 0 Å². The first kappa shape index (κ1) is 22.0. The molecule has 1 saturated heterocycles. The zero-order valence-electron chi connectivity index (χ0n) is 14.1. The lowest BCUT2D eigenvalue weighted by atomic mass is 9.85. The van der Waals surface area contributed by atoms with Crippen LogP contribution in [0, 0.1) is 11.8 Å². The molecule has 25 heavy (non-hydrogen) atoms. The molecule has 0 radical (unpaired) electrons. The molecule has 8 heteroatoms. The van der Waals surface area contributed by atoms with Gasteiger partial charge in [0.1, 0.15) is 0 Å². The Morgan fingerprint density at radius 2 is 2.08 bits per heavy atom. The van der Waals surface area contributed by atoms with E-state index in [1.54, 1.807) is 18.2 Å². The Morgan fingerprint density at radius 1 is 1.32 bits per heavy atom. The second-order valence-corrected chi connectivity index (χ2v) is 7.08. The van der Waals surface area contributed by atoms with Crippen LogP contribution < -0.4 is 16.0 Å². The number of nitrogens with one attached hydrogen (secondary N) is 3. The summed E-state index contributed by atoms with van der Waals surface area (Å²) in [6.07, 6.45) is 2.73. The van der Waals surface area contributed by atoms with Crippen molar-refractivity contribution in [2.45, 2.75) is 26.2 Å². The van der Waals surface area contributed by atoms with Gasteiger partial charge < -0.3 is 16.0 Å². The highest BCUT2D eigenvalue weighted by Crippen LogP contribution is 2.25. The summed E-state index contributed by atoms with van der Waals surface area (Å²) in [6, 6.07) is 4.82. The lowest BCUT2D eigenvalue weighted by Crippen LogP contribution is -2.37. The summed E-state index contributed by atoms with van der Waals surface area (Å²) < 4.78 is 0. The second kappa shape index (κ2) is 10.9. The first-order valence-electron chi connectivity index (χ1n) is 8.18. The number of hydrogen-bond acceptors (Lipinski definition) is 3. The van der Waals surface area contributed by atoms with Crippen LogP contribution in [-0.4, -0.2) is 31.4 Å². The Labute approximate surface area is 164 Å². The number of benzene rings is 1. The summed E-state index contributed by atoms with van der Waals surface area (Å²) in [5, 5.41) is 9.54. The van der Waals surface area contributed by atoms with Gasteiger partial charge in [-0.1, -0.05) is 30.1 Å². The Bertz CT molecular complexity index is 593. The molecule has 1 heterocycles. The van der Waals surface area contributed by atoms with E-state index in [9.17, 15) is 9.59 Å². The SMILES string of the molecule is CC(CC(=O)NCC(=O)Nc1cc(Cl)ccc1Cl)C1CCCNC1.Cl. The van der Waals surface area contributed by atoms with Crippen LogP contribution in [0.3, 0.4) is 0 Å². The van der Waals surface area contributed by atoms with Gasteiger partial charge in [-0.15, -0.1) is 12.4 Å². The van der Waals surface area contributed by atoms with Gasteiger partial charge in [0.05, 0.1) is 17.3 Å². The number of anilines is 1. The van der Waals surface area contributed by atoms with E-state index in [1.807, 2.05) is 0 Å². The Morgan fingerprint density at radius 3 is 2.76 bits per heavy atom. The van der Waals surface area contributed by atoms with Crippen LogP contribution in [0.1, 0.15) is 26.2 Å². The summed E-state index contributed by atoms with van der Waals surface area (Å²) in [5.41, 5.74) is 0.435. The van der Waals surface area contributed by atoms with E-state index in [0.717, 1.165) is 25.9 Å². The van der Waals surface area contributed by atoms with Crippen LogP contribution >= 0.6 is 35.6 Å². The highest BCUT2D eigenvalue weighted by atomic mass is 35.5. The van der Waals surface area contributed by atoms with Crippen molar-refractivity contribution in [2.24, 2.45) is 11.8 Å². The summed E-state index contributed by atoms with van der Waals surface area (Å²) >= 11 is 11.9. The van der Waals surface area contributed by atoms with Gasteiger partial charge in [0.2, 0.25) is 11.8 Å². The minimum Gasteiger partial charge on any atom is -0.347 e. The number of piperidine rings is 1. The third-order valence-corrected chi connectivity index (χ3v) is 4.86. The van der Waals surface area contributed by atoms with Gasteiger partial charge in [0, 0.05) is 11.4 Å². The molecular formula is C17H24Cl3N3O2. The monoisotopic (exact) mass is 407 g/mol. The first-order chi connectivity index (χ1) is 11.5. The number of rotatable bonds is 6. The van der Waals surface area contributed by atoms with Gasteiger partial charge >= 0.3 is 0 Å². The van der Waals surface area contributed by atoms with Crippen LogP contribution in [0.25, 0.3) is 0 Å². The molecule has 0 bridgehead atoms. The van der Waals surface area contributed by atoms with E-state index < -0.39 is 0 Å². The minimum atomic E-state index is -0.334. The predicted octanol–water partition coefficient (Wildman–Crippen LogP) is 3.50. The Kier molecular flexibility index (Phi) is 9.57. The van der Waals surface area contributed by atoms with Crippen LogP contribution in [0.2, 0.25) is 10.0 Å². The molecule has 1 aromatic carbocycles. The van der Waals surface area contributed by atoms with Gasteiger partial charge in [-0.25, -0.2) is 0 Å². The molecule has 0 aromatic heterocycles. The van der Waals surface area contributed by atoms with E-state index in [1.165, 1.54) is 0 Å². The lowest BCUT2D eigenvalue weighted by Gasteiger charge is -2.27. The van der Waals surface area contributed by atoms with Gasteiger partial charge in [-0.05, 0) is 56.0 Å². The highest BCUT2D eigenvalue weighted by Gasteiger charge is 2.22. The average Bonchev–Trinajstić information content (AvgIpc) is 2.57. The first-order valence-corrected chi connectivity index (χ1v) is 8.93. The minimum absolute atomic E-state index is 0. The number of carbonyl (C=O) groups is 2. The van der Waals surface area contributed by atoms with Gasteiger partial charge in [-0.2, -0.15) is 0 Å². The fraction of sp³-hybridized carbons (Fsp3) is 0.529. The lowest BCUT2D eigenvalue weighted by molar-refractivity contribution is -0.125. The van der Waals surface area contributed by atoms with Crippen LogP contribution in [0.4, 0.5) is 5.69 Å². The molecule has 2 rings (SSSR count). The summed E-state index contributed by atoms with van der Waals surface area (Å²) in [7, 11) is 0. The van der Waals surface area contributed by atoms with Crippen molar-refractivity contribution in [1.29, 1.82) is 0 Å². The van der Waals surface area contributed by atoms with Crippen molar-refractivity contribution in [1.82, 2.24) is 10.6 Å². The number of halogens is 3. The van der Waals surface area contributed by atoms with E-state index >= 15 is 0 Å². The normalized spacial score (nSPS) is 18.0. The van der Waals surface area contributed by atoms with Crippen molar-refractivity contribution in [3.05, 3.63) is 28.2 Å². The number of carbonyl (C=O) groups excluding carboxylic acids is 2. The molecule has 1 fully saturated rings. The molecule has 0 saturated carbocycles. The third-order valence-electron chi connectivity index (χ3n) is 4.30.